The van der Waals surface area contributed by atoms with Crippen molar-refractivity contribution in [3.63, 3.8) is 0 Å². The van der Waals surface area contributed by atoms with Crippen LogP contribution in [0.5, 0.6) is 5.75 Å². The van der Waals surface area contributed by atoms with E-state index in [2.05, 4.69) is 15.2 Å². The van der Waals surface area contributed by atoms with Crippen molar-refractivity contribution in [2.24, 2.45) is 11.1 Å². The number of carbonyl (C=O) groups excluding carboxylic acids is 1. The Kier molecular flexibility index (Phi) is 9.28. The molecule has 3 aromatic rings. The number of carbonyl (C=O) groups is 1. The summed E-state index contributed by atoms with van der Waals surface area (Å²) in [4.78, 5) is 19.4. The van der Waals surface area contributed by atoms with Crippen molar-refractivity contribution >= 4 is 22.5 Å². The van der Waals surface area contributed by atoms with E-state index in [-0.39, 0.29) is 13.0 Å². The van der Waals surface area contributed by atoms with Gasteiger partial charge in [0.05, 0.1) is 24.1 Å². The first-order valence-corrected chi connectivity index (χ1v) is 13.0. The van der Waals surface area contributed by atoms with Crippen molar-refractivity contribution in [3.05, 3.63) is 65.4 Å². The summed E-state index contributed by atoms with van der Waals surface area (Å²) in [5, 5.41) is 24.6. The maximum absolute atomic E-state index is 13.4. The molecule has 1 atom stereocenters. The number of nitrogens with zero attached hydrogens (tertiary/aromatic N) is 2. The van der Waals surface area contributed by atoms with Gasteiger partial charge >= 0.3 is 0 Å². The summed E-state index contributed by atoms with van der Waals surface area (Å²) in [7, 11) is 1.57. The van der Waals surface area contributed by atoms with E-state index in [0.717, 1.165) is 11.5 Å². The van der Waals surface area contributed by atoms with Gasteiger partial charge < -0.3 is 25.8 Å². The zero-order valence-corrected chi connectivity index (χ0v) is 21.9. The van der Waals surface area contributed by atoms with E-state index < -0.39 is 29.1 Å². The van der Waals surface area contributed by atoms with Crippen LogP contribution in [0.2, 0.25) is 0 Å². The molecule has 1 fully saturated rings. The maximum atomic E-state index is 13.4. The fourth-order valence-corrected chi connectivity index (χ4v) is 5.40. The third-order valence-electron chi connectivity index (χ3n) is 7.66. The molecule has 39 heavy (non-hydrogen) atoms. The average Bonchev–Trinajstić information content (AvgIpc) is 2.94. The first-order valence-electron chi connectivity index (χ1n) is 13.0. The number of methoxy groups -OCH3 is 1. The van der Waals surface area contributed by atoms with Gasteiger partial charge in [-0.2, -0.15) is 0 Å². The number of hydroxylamine groups is 1. The summed E-state index contributed by atoms with van der Waals surface area (Å²) in [5.41, 5.74) is 9.38. The molecule has 6 N–H and O–H groups in total. The molecule has 1 saturated heterocycles. The fourth-order valence-electron chi connectivity index (χ4n) is 5.40. The molecule has 1 aliphatic rings. The minimum absolute atomic E-state index is 0.195. The van der Waals surface area contributed by atoms with E-state index in [1.54, 1.807) is 19.4 Å². The molecule has 0 spiro atoms. The lowest BCUT2D eigenvalue weighted by atomic mass is 9.73. The van der Waals surface area contributed by atoms with Gasteiger partial charge in [-0.1, -0.05) is 0 Å². The number of fused-ring (bicyclic) bond motifs is 1. The number of ether oxygens (including phenoxy) is 1. The van der Waals surface area contributed by atoms with Crippen LogP contribution in [0.1, 0.15) is 42.9 Å². The standard InChI is InChI=1S/C28H35F2N5O4/c1-39-22-2-3-24-23(15-22)26(18(16-31)17-33-24)25(36)4-5-28(27(37)34-38)6-9-35(10-7-28)11-8-32-21-13-19(29)12-20(30)14-21/h2-3,12-15,17,25,32,36,38H,4-11,16,31H2,1H3,(H,34,37). The molecule has 2 aromatic carbocycles. The number of nitrogens with two attached hydrogens (primary N) is 1. The third-order valence-corrected chi connectivity index (χ3v) is 7.66. The number of benzene rings is 2. The highest BCUT2D eigenvalue weighted by Gasteiger charge is 2.41. The molecule has 0 saturated carbocycles. The second kappa shape index (κ2) is 12.6. The van der Waals surface area contributed by atoms with Gasteiger partial charge in [-0.3, -0.25) is 15.0 Å². The molecule has 9 nitrogen and oxygen atoms in total. The molecule has 11 heteroatoms. The number of piperidine rings is 1. The SMILES string of the molecule is COc1ccc2ncc(CN)c(C(O)CCC3(C(=O)NO)CCN(CCNc4cc(F)cc(F)c4)CC3)c2c1. The third kappa shape index (κ3) is 6.62. The predicted octanol–water partition coefficient (Wildman–Crippen LogP) is 3.49. The smallest absolute Gasteiger partial charge is 0.249 e. The number of aromatic nitrogens is 1. The average molecular weight is 544 g/mol. The number of anilines is 1. The number of aliphatic hydroxyl groups is 1. The predicted molar refractivity (Wildman–Crippen MR) is 143 cm³/mol. The Morgan fingerprint density at radius 1 is 1.21 bits per heavy atom. The van der Waals surface area contributed by atoms with Crippen LogP contribution in [0.15, 0.2) is 42.6 Å². The number of hydrogen-bond donors (Lipinski definition) is 5. The Balaban J connectivity index is 1.41. The lowest BCUT2D eigenvalue weighted by Gasteiger charge is -2.40. The van der Waals surface area contributed by atoms with Gasteiger partial charge in [0.25, 0.3) is 0 Å². The number of likely N-dealkylation sites (tertiary alicyclic amines) is 1. The van der Waals surface area contributed by atoms with Crippen LogP contribution in [-0.2, 0) is 11.3 Å². The fraction of sp³-hybridized carbons (Fsp3) is 0.429. The molecule has 0 radical (unpaired) electrons. The number of aliphatic hydroxyl groups excluding tert-OH is 1. The summed E-state index contributed by atoms with van der Waals surface area (Å²) in [6.45, 7) is 2.46. The molecular formula is C28H35F2N5O4. The summed E-state index contributed by atoms with van der Waals surface area (Å²) in [5.74, 6) is -1.12. The number of hydrogen-bond acceptors (Lipinski definition) is 8. The number of halogens is 2. The highest BCUT2D eigenvalue weighted by atomic mass is 19.1. The molecule has 1 aliphatic heterocycles. The Morgan fingerprint density at radius 2 is 1.92 bits per heavy atom. The second-order valence-corrected chi connectivity index (χ2v) is 9.99. The lowest BCUT2D eigenvalue weighted by molar-refractivity contribution is -0.143. The Labute approximate surface area is 225 Å². The largest absolute Gasteiger partial charge is 0.497 e. The normalized spacial score (nSPS) is 16.2. The summed E-state index contributed by atoms with van der Waals surface area (Å²) < 4.78 is 32.2. The van der Waals surface area contributed by atoms with E-state index in [1.165, 1.54) is 12.1 Å². The molecule has 0 bridgehead atoms. The van der Waals surface area contributed by atoms with E-state index in [0.29, 0.717) is 73.5 Å². The van der Waals surface area contributed by atoms with Crippen LogP contribution in [0, 0.1) is 17.0 Å². The van der Waals surface area contributed by atoms with Crippen molar-refractivity contribution in [3.8, 4) is 5.75 Å². The van der Waals surface area contributed by atoms with Crippen molar-refractivity contribution in [1.82, 2.24) is 15.4 Å². The van der Waals surface area contributed by atoms with Gasteiger partial charge in [-0.25, -0.2) is 14.3 Å². The highest BCUT2D eigenvalue weighted by molar-refractivity contribution is 5.85. The van der Waals surface area contributed by atoms with Crippen LogP contribution in [0.4, 0.5) is 14.5 Å². The van der Waals surface area contributed by atoms with Crippen molar-refractivity contribution in [2.75, 3.05) is 38.6 Å². The van der Waals surface area contributed by atoms with Crippen molar-refractivity contribution in [1.29, 1.82) is 0 Å². The molecule has 1 amide bonds. The number of nitrogens with one attached hydrogen (secondary N) is 2. The summed E-state index contributed by atoms with van der Waals surface area (Å²) in [6.07, 6.45) is 2.36. The first-order chi connectivity index (χ1) is 18.8. The monoisotopic (exact) mass is 543 g/mol. The molecule has 210 valence electrons. The molecule has 2 heterocycles. The Hall–Kier alpha value is -3.38. The summed E-state index contributed by atoms with van der Waals surface area (Å²) >= 11 is 0. The van der Waals surface area contributed by atoms with Crippen LogP contribution in [0.25, 0.3) is 10.9 Å². The van der Waals surface area contributed by atoms with E-state index >= 15 is 0 Å². The van der Waals surface area contributed by atoms with Gasteiger partial charge in [0.1, 0.15) is 17.4 Å². The van der Waals surface area contributed by atoms with Crippen LogP contribution >= 0.6 is 0 Å². The van der Waals surface area contributed by atoms with Crippen molar-refractivity contribution < 1.29 is 28.6 Å². The van der Waals surface area contributed by atoms with E-state index in [9.17, 15) is 23.9 Å². The highest BCUT2D eigenvalue weighted by Crippen LogP contribution is 2.40. The van der Waals surface area contributed by atoms with Gasteiger partial charge in [0.15, 0.2) is 0 Å². The second-order valence-electron chi connectivity index (χ2n) is 9.99. The lowest BCUT2D eigenvalue weighted by Crippen LogP contribution is -2.49. The minimum atomic E-state index is -0.904. The number of amides is 1. The van der Waals surface area contributed by atoms with Crippen LogP contribution in [0.3, 0.4) is 0 Å². The van der Waals surface area contributed by atoms with Crippen molar-refractivity contribution in [2.45, 2.75) is 38.3 Å². The molecule has 4 rings (SSSR count). The Bertz CT molecular complexity index is 1270. The van der Waals surface area contributed by atoms with Gasteiger partial charge in [0, 0.05) is 43.0 Å². The maximum Gasteiger partial charge on any atom is 0.249 e. The van der Waals surface area contributed by atoms with E-state index in [1.807, 2.05) is 17.6 Å². The zero-order chi connectivity index (χ0) is 28.0. The van der Waals surface area contributed by atoms with Crippen LogP contribution in [-0.4, -0.2) is 59.4 Å². The van der Waals surface area contributed by atoms with Gasteiger partial charge in [-0.15, -0.1) is 0 Å². The summed E-state index contributed by atoms with van der Waals surface area (Å²) in [6, 6.07) is 8.73. The molecule has 0 aliphatic carbocycles. The first kappa shape index (κ1) is 28.6. The Morgan fingerprint density at radius 3 is 2.56 bits per heavy atom. The molecular weight excluding hydrogens is 508 g/mol. The van der Waals surface area contributed by atoms with Gasteiger partial charge in [0.2, 0.25) is 5.91 Å². The quantitative estimate of drug-likeness (QED) is 0.183. The molecule has 1 aromatic heterocycles. The van der Waals surface area contributed by atoms with Gasteiger partial charge in [-0.05, 0) is 80.2 Å². The topological polar surface area (TPSA) is 133 Å². The van der Waals surface area contributed by atoms with Crippen LogP contribution < -0.4 is 21.3 Å². The number of pyridine rings is 1. The zero-order valence-electron chi connectivity index (χ0n) is 21.9. The van der Waals surface area contributed by atoms with E-state index in [4.69, 9.17) is 10.5 Å². The minimum Gasteiger partial charge on any atom is -0.497 e. The number of rotatable bonds is 11. The molecule has 1 unspecified atom stereocenters.